The summed E-state index contributed by atoms with van der Waals surface area (Å²) in [7, 11) is 0. The summed E-state index contributed by atoms with van der Waals surface area (Å²) >= 11 is 0. The van der Waals surface area contributed by atoms with Crippen LogP contribution in [0.1, 0.15) is 20.8 Å². The molecule has 0 bridgehead atoms. The number of aliphatic carboxylic acids is 1. The number of allylic oxidation sites excluding steroid dienone is 1. The molecule has 0 saturated carbocycles. The van der Waals surface area contributed by atoms with Crippen LogP contribution in [0.4, 0.5) is 4.79 Å². The van der Waals surface area contributed by atoms with Crippen molar-refractivity contribution in [1.82, 2.24) is 10.6 Å². The fourth-order valence-electron chi connectivity index (χ4n) is 0.816. The number of alkyl carbamates (subject to hydrolysis) is 1. The van der Waals surface area contributed by atoms with Crippen molar-refractivity contribution in [3.05, 3.63) is 24.6 Å². The van der Waals surface area contributed by atoms with Crippen molar-refractivity contribution in [3.63, 3.8) is 0 Å². The van der Waals surface area contributed by atoms with Crippen molar-refractivity contribution in [2.24, 2.45) is 0 Å². The van der Waals surface area contributed by atoms with Crippen LogP contribution in [-0.2, 0) is 9.53 Å². The van der Waals surface area contributed by atoms with Crippen LogP contribution < -0.4 is 10.6 Å². The maximum atomic E-state index is 11.4. The molecule has 6 heteroatoms. The largest absolute Gasteiger partial charge is 0.480 e. The Kier molecular flexibility index (Phi) is 5.80. The molecule has 0 aromatic heterocycles. The Balaban J connectivity index is 4.25. The van der Waals surface area contributed by atoms with Crippen molar-refractivity contribution in [1.29, 1.82) is 0 Å². The Morgan fingerprint density at radius 3 is 2.41 bits per heavy atom. The van der Waals surface area contributed by atoms with Crippen LogP contribution in [0.2, 0.25) is 0 Å². The summed E-state index contributed by atoms with van der Waals surface area (Å²) in [4.78, 5) is 21.6. The van der Waals surface area contributed by atoms with Crippen LogP contribution in [0.3, 0.4) is 0 Å². The van der Waals surface area contributed by atoms with Gasteiger partial charge in [0.2, 0.25) is 0 Å². The second kappa shape index (κ2) is 6.57. The molecule has 0 aliphatic rings. The normalized spacial score (nSPS) is 11.6. The van der Waals surface area contributed by atoms with Crippen LogP contribution in [0.15, 0.2) is 24.6 Å². The number of rotatable bonds is 5. The first kappa shape index (κ1) is 15.0. The lowest BCUT2D eigenvalue weighted by atomic mass is 10.2. The minimum absolute atomic E-state index is 0.243. The molecule has 0 aliphatic carbocycles. The highest BCUT2D eigenvalue weighted by Crippen LogP contribution is 2.07. The van der Waals surface area contributed by atoms with E-state index in [1.54, 1.807) is 20.8 Å². The third-order valence-corrected chi connectivity index (χ3v) is 1.38. The molecule has 0 aliphatic heterocycles. The lowest BCUT2D eigenvalue weighted by Crippen LogP contribution is -2.32. The van der Waals surface area contributed by atoms with Gasteiger partial charge in [-0.3, -0.25) is 10.1 Å². The van der Waals surface area contributed by atoms with Gasteiger partial charge in [-0.25, -0.2) is 4.79 Å². The lowest BCUT2D eigenvalue weighted by molar-refractivity contribution is -0.135. The van der Waals surface area contributed by atoms with Crippen molar-refractivity contribution in [3.8, 4) is 0 Å². The molecule has 1 amide bonds. The number of carbonyl (C=O) groups is 2. The molecule has 0 saturated heterocycles. The Bertz CT molecular complexity index is 329. The molecule has 0 aromatic carbocycles. The third-order valence-electron chi connectivity index (χ3n) is 1.38. The number of carbonyl (C=O) groups excluding carboxylic acids is 1. The van der Waals surface area contributed by atoms with Gasteiger partial charge < -0.3 is 15.2 Å². The van der Waals surface area contributed by atoms with E-state index in [4.69, 9.17) is 9.84 Å². The minimum Gasteiger partial charge on any atom is -0.480 e. The molecule has 0 spiro atoms. The van der Waals surface area contributed by atoms with Crippen molar-refractivity contribution < 1.29 is 19.4 Å². The summed E-state index contributed by atoms with van der Waals surface area (Å²) in [6.07, 6.45) is 2.09. The van der Waals surface area contributed by atoms with E-state index in [0.717, 1.165) is 0 Å². The van der Waals surface area contributed by atoms with E-state index in [-0.39, 0.29) is 6.54 Å². The number of carboxylic acids is 1. The average molecular weight is 242 g/mol. The van der Waals surface area contributed by atoms with Gasteiger partial charge in [0, 0.05) is 6.20 Å². The molecular weight excluding hydrogens is 224 g/mol. The van der Waals surface area contributed by atoms with Gasteiger partial charge in [-0.2, -0.15) is 0 Å². The lowest BCUT2D eigenvalue weighted by Gasteiger charge is -2.19. The quantitative estimate of drug-likeness (QED) is 0.631. The zero-order valence-electron chi connectivity index (χ0n) is 10.2. The molecule has 6 nitrogen and oxygen atoms in total. The number of nitrogens with one attached hydrogen (secondary N) is 2. The topological polar surface area (TPSA) is 87.7 Å². The first-order chi connectivity index (χ1) is 7.74. The molecule has 0 atom stereocenters. The standard InChI is InChI=1S/C11H18N2O4/c1-5-8(6-12-7-9(14)15)13-10(16)17-11(2,3)4/h5-6,12H,1,7H2,2-4H3,(H,13,16)(H,14,15)/b8-6+. The van der Waals surface area contributed by atoms with Gasteiger partial charge in [0.05, 0.1) is 5.70 Å². The van der Waals surface area contributed by atoms with Gasteiger partial charge in [0.25, 0.3) is 0 Å². The molecule has 96 valence electrons. The zero-order valence-corrected chi connectivity index (χ0v) is 10.2. The van der Waals surface area contributed by atoms with E-state index < -0.39 is 17.7 Å². The predicted molar refractivity (Wildman–Crippen MR) is 63.3 cm³/mol. The SMILES string of the molecule is C=C/C(=C\NCC(=O)O)NC(=O)OC(C)(C)C. The molecule has 17 heavy (non-hydrogen) atoms. The first-order valence-corrected chi connectivity index (χ1v) is 5.02. The molecule has 0 aromatic rings. The molecule has 0 fully saturated rings. The summed E-state index contributed by atoms with van der Waals surface area (Å²) < 4.78 is 5.01. The number of hydrogen-bond donors (Lipinski definition) is 3. The predicted octanol–water partition coefficient (Wildman–Crippen LogP) is 1.21. The van der Waals surface area contributed by atoms with Gasteiger partial charge in [0.15, 0.2) is 0 Å². The zero-order chi connectivity index (χ0) is 13.5. The monoisotopic (exact) mass is 242 g/mol. The number of amides is 1. The molecular formula is C11H18N2O4. The summed E-state index contributed by atoms with van der Waals surface area (Å²) in [5, 5.41) is 13.3. The van der Waals surface area contributed by atoms with Crippen LogP contribution in [0.25, 0.3) is 0 Å². The number of ether oxygens (including phenoxy) is 1. The molecule has 0 radical (unpaired) electrons. The highest BCUT2D eigenvalue weighted by atomic mass is 16.6. The Labute approximate surface area is 100 Å². The van der Waals surface area contributed by atoms with Gasteiger partial charge in [-0.1, -0.05) is 6.58 Å². The van der Waals surface area contributed by atoms with Gasteiger partial charge in [-0.05, 0) is 26.8 Å². The fraction of sp³-hybridized carbons (Fsp3) is 0.455. The maximum Gasteiger partial charge on any atom is 0.412 e. The summed E-state index contributed by atoms with van der Waals surface area (Å²) in [6.45, 7) is 8.47. The van der Waals surface area contributed by atoms with Crippen LogP contribution >= 0.6 is 0 Å². The summed E-state index contributed by atoms with van der Waals surface area (Å²) in [5.74, 6) is -0.998. The summed E-state index contributed by atoms with van der Waals surface area (Å²) in [6, 6.07) is 0. The van der Waals surface area contributed by atoms with Gasteiger partial charge in [0.1, 0.15) is 12.1 Å². The van der Waals surface area contributed by atoms with Crippen molar-refractivity contribution >= 4 is 12.1 Å². The number of hydrogen-bond acceptors (Lipinski definition) is 4. The first-order valence-electron chi connectivity index (χ1n) is 5.02. The van der Waals surface area contributed by atoms with E-state index in [9.17, 15) is 9.59 Å². The fourth-order valence-corrected chi connectivity index (χ4v) is 0.816. The molecule has 0 heterocycles. The van der Waals surface area contributed by atoms with Gasteiger partial charge >= 0.3 is 12.1 Å². The second-order valence-corrected chi connectivity index (χ2v) is 4.21. The highest BCUT2D eigenvalue weighted by molar-refractivity contribution is 5.71. The van der Waals surface area contributed by atoms with Crippen LogP contribution in [-0.4, -0.2) is 29.3 Å². The molecule has 3 N–H and O–H groups in total. The van der Waals surface area contributed by atoms with Gasteiger partial charge in [-0.15, -0.1) is 0 Å². The van der Waals surface area contributed by atoms with E-state index in [1.165, 1.54) is 12.3 Å². The average Bonchev–Trinajstić information content (AvgIpc) is 2.12. The Hall–Kier alpha value is -1.98. The van der Waals surface area contributed by atoms with Crippen molar-refractivity contribution in [2.45, 2.75) is 26.4 Å². The van der Waals surface area contributed by atoms with E-state index in [1.807, 2.05) is 0 Å². The van der Waals surface area contributed by atoms with E-state index >= 15 is 0 Å². The molecule has 0 rings (SSSR count). The summed E-state index contributed by atoms with van der Waals surface area (Å²) in [5.41, 5.74) is -0.259. The molecule has 0 unspecified atom stereocenters. The highest BCUT2D eigenvalue weighted by Gasteiger charge is 2.16. The van der Waals surface area contributed by atoms with E-state index in [0.29, 0.717) is 5.70 Å². The maximum absolute atomic E-state index is 11.4. The smallest absolute Gasteiger partial charge is 0.412 e. The van der Waals surface area contributed by atoms with Crippen LogP contribution in [0.5, 0.6) is 0 Å². The Morgan fingerprint density at radius 2 is 2.00 bits per heavy atom. The third kappa shape index (κ3) is 8.98. The van der Waals surface area contributed by atoms with E-state index in [2.05, 4.69) is 17.2 Å². The second-order valence-electron chi connectivity index (χ2n) is 4.21. The van der Waals surface area contributed by atoms with Crippen LogP contribution in [0, 0.1) is 0 Å². The van der Waals surface area contributed by atoms with Crippen molar-refractivity contribution in [2.75, 3.05) is 6.54 Å². The number of carboxylic acid groups (broad SMARTS) is 1. The minimum atomic E-state index is -0.998. The Morgan fingerprint density at radius 1 is 1.41 bits per heavy atom.